The molecule has 4 rings (SSSR count). The maximum atomic E-state index is 13.1. The number of carbonyl (C=O) groups is 1. The number of nitrogens with one attached hydrogen (secondary N) is 1. The largest absolute Gasteiger partial charge is 0.497 e. The summed E-state index contributed by atoms with van der Waals surface area (Å²) >= 11 is 0. The number of amides is 1. The lowest BCUT2D eigenvalue weighted by Gasteiger charge is -2.32. The van der Waals surface area contributed by atoms with Crippen LogP contribution in [-0.2, 0) is 17.8 Å². The Labute approximate surface area is 164 Å². The van der Waals surface area contributed by atoms with Gasteiger partial charge in [-0.25, -0.2) is 4.98 Å². The number of imidazole rings is 1. The molecule has 144 valence electrons. The second kappa shape index (κ2) is 7.46. The fraction of sp³-hybridized carbons (Fsp3) is 0.318. The highest BCUT2D eigenvalue weighted by atomic mass is 16.5. The molecule has 0 saturated carbocycles. The van der Waals surface area contributed by atoms with Crippen LogP contribution in [0.4, 0.5) is 0 Å². The van der Waals surface area contributed by atoms with Crippen molar-refractivity contribution in [2.45, 2.75) is 32.7 Å². The van der Waals surface area contributed by atoms with Gasteiger partial charge in [-0.15, -0.1) is 0 Å². The number of pyridine rings is 1. The van der Waals surface area contributed by atoms with E-state index in [1.807, 2.05) is 49.1 Å². The number of hydrogen-bond donors (Lipinski definition) is 1. The van der Waals surface area contributed by atoms with Crippen LogP contribution < -0.4 is 4.74 Å². The van der Waals surface area contributed by atoms with E-state index in [4.69, 9.17) is 4.74 Å². The number of rotatable bonds is 4. The Bertz CT molecular complexity index is 991. The summed E-state index contributed by atoms with van der Waals surface area (Å²) in [5, 5.41) is 0. The number of aryl methyl sites for hydroxylation is 2. The molecule has 1 aliphatic rings. The maximum absolute atomic E-state index is 13.1. The Hall–Kier alpha value is -3.15. The summed E-state index contributed by atoms with van der Waals surface area (Å²) in [6.07, 6.45) is 2.08. The Morgan fingerprint density at radius 3 is 2.79 bits per heavy atom. The molecule has 0 fully saturated rings. The number of hydrogen-bond acceptors (Lipinski definition) is 4. The molecule has 0 aliphatic carbocycles. The summed E-state index contributed by atoms with van der Waals surface area (Å²) in [5.74, 6) is 0.939. The van der Waals surface area contributed by atoms with Crippen LogP contribution in [0.5, 0.6) is 5.75 Å². The molecule has 1 atom stereocenters. The summed E-state index contributed by atoms with van der Waals surface area (Å²) in [4.78, 5) is 27.1. The lowest BCUT2D eigenvalue weighted by Crippen LogP contribution is -2.39. The van der Waals surface area contributed by atoms with Crippen molar-refractivity contribution in [2.75, 3.05) is 13.7 Å². The molecule has 0 bridgehead atoms. The van der Waals surface area contributed by atoms with Gasteiger partial charge in [-0.05, 0) is 49.2 Å². The highest BCUT2D eigenvalue weighted by molar-refractivity contribution is 5.79. The monoisotopic (exact) mass is 376 g/mol. The lowest BCUT2D eigenvalue weighted by atomic mass is 9.90. The highest BCUT2D eigenvalue weighted by Gasteiger charge is 2.31. The summed E-state index contributed by atoms with van der Waals surface area (Å²) in [6, 6.07) is 12.0. The zero-order valence-electron chi connectivity index (χ0n) is 16.4. The fourth-order valence-corrected chi connectivity index (χ4v) is 3.94. The summed E-state index contributed by atoms with van der Waals surface area (Å²) in [6.45, 7) is 5.07. The molecule has 1 N–H and O–H groups in total. The summed E-state index contributed by atoms with van der Waals surface area (Å²) < 4.78 is 5.38. The van der Waals surface area contributed by atoms with Crippen LogP contribution in [0.3, 0.4) is 0 Å². The highest BCUT2D eigenvalue weighted by Crippen LogP contribution is 2.33. The van der Waals surface area contributed by atoms with E-state index in [1.165, 1.54) is 0 Å². The minimum Gasteiger partial charge on any atom is -0.497 e. The number of aromatic amines is 1. The molecule has 1 amide bonds. The Morgan fingerprint density at radius 1 is 1.25 bits per heavy atom. The van der Waals surface area contributed by atoms with E-state index in [1.54, 1.807) is 13.4 Å². The number of ether oxygens (including phenoxy) is 1. The third-order valence-corrected chi connectivity index (χ3v) is 5.18. The first-order valence-electron chi connectivity index (χ1n) is 9.41. The fourth-order valence-electron chi connectivity index (χ4n) is 3.94. The van der Waals surface area contributed by atoms with Crippen molar-refractivity contribution in [3.8, 4) is 5.75 Å². The molecule has 1 aromatic carbocycles. The van der Waals surface area contributed by atoms with Crippen LogP contribution in [0.1, 0.15) is 39.8 Å². The minimum absolute atomic E-state index is 0.0231. The first-order chi connectivity index (χ1) is 13.5. The van der Waals surface area contributed by atoms with E-state index in [-0.39, 0.29) is 11.8 Å². The molecule has 6 heteroatoms. The zero-order chi connectivity index (χ0) is 19.7. The van der Waals surface area contributed by atoms with Gasteiger partial charge in [-0.1, -0.05) is 12.1 Å². The van der Waals surface area contributed by atoms with Gasteiger partial charge >= 0.3 is 0 Å². The third-order valence-electron chi connectivity index (χ3n) is 5.18. The molecule has 1 unspecified atom stereocenters. The van der Waals surface area contributed by atoms with Crippen LogP contribution in [0.25, 0.3) is 0 Å². The first-order valence-corrected chi connectivity index (χ1v) is 9.41. The molecule has 3 aromatic rings. The van der Waals surface area contributed by atoms with Gasteiger partial charge in [0.25, 0.3) is 0 Å². The number of benzene rings is 1. The molecule has 3 heterocycles. The number of aromatic nitrogens is 3. The third kappa shape index (κ3) is 3.63. The molecule has 0 spiro atoms. The van der Waals surface area contributed by atoms with Gasteiger partial charge in [0.1, 0.15) is 5.75 Å². The molecule has 28 heavy (non-hydrogen) atoms. The van der Waals surface area contributed by atoms with Crippen molar-refractivity contribution >= 4 is 5.91 Å². The van der Waals surface area contributed by atoms with E-state index in [0.29, 0.717) is 19.5 Å². The van der Waals surface area contributed by atoms with Gasteiger partial charge in [0.2, 0.25) is 5.91 Å². The van der Waals surface area contributed by atoms with Gasteiger partial charge in [0, 0.05) is 23.9 Å². The quantitative estimate of drug-likeness (QED) is 0.759. The standard InChI is InChI=1S/C22H24N4O2/c1-14-7-16(8-15(2)25-14)9-21(27)26-11-19(22-20(12-26)23-13-24-22)17-5-4-6-18(10-17)28-3/h4-8,10,13,19H,9,11-12H2,1-3H3,(H,23,24). The second-order valence-corrected chi connectivity index (χ2v) is 7.30. The van der Waals surface area contributed by atoms with Crippen molar-refractivity contribution in [1.82, 2.24) is 19.9 Å². The SMILES string of the molecule is COc1cccc(C2CN(C(=O)Cc3cc(C)nc(C)c3)Cc3[nH]cnc32)c1. The normalized spacial score (nSPS) is 16.0. The molecule has 6 nitrogen and oxygen atoms in total. The van der Waals surface area contributed by atoms with Gasteiger partial charge in [-0.2, -0.15) is 0 Å². The van der Waals surface area contributed by atoms with E-state index >= 15 is 0 Å². The molecule has 0 saturated heterocycles. The van der Waals surface area contributed by atoms with E-state index in [0.717, 1.165) is 39.7 Å². The van der Waals surface area contributed by atoms with E-state index < -0.39 is 0 Å². The Balaban J connectivity index is 1.60. The predicted molar refractivity (Wildman–Crippen MR) is 106 cm³/mol. The van der Waals surface area contributed by atoms with Crippen molar-refractivity contribution in [2.24, 2.45) is 0 Å². The molecular weight excluding hydrogens is 352 g/mol. The number of methoxy groups -OCH3 is 1. The number of fused-ring (bicyclic) bond motifs is 1. The van der Waals surface area contributed by atoms with E-state index in [2.05, 4.69) is 21.0 Å². The first kappa shape index (κ1) is 18.2. The lowest BCUT2D eigenvalue weighted by molar-refractivity contribution is -0.131. The molecule has 2 aromatic heterocycles. The van der Waals surface area contributed by atoms with Gasteiger partial charge < -0.3 is 14.6 Å². The maximum Gasteiger partial charge on any atom is 0.227 e. The van der Waals surface area contributed by atoms with Crippen molar-refractivity contribution < 1.29 is 9.53 Å². The predicted octanol–water partition coefficient (Wildman–Crippen LogP) is 3.15. The van der Waals surface area contributed by atoms with Crippen molar-refractivity contribution in [1.29, 1.82) is 0 Å². The zero-order valence-corrected chi connectivity index (χ0v) is 16.4. The van der Waals surface area contributed by atoms with Crippen LogP contribution in [0.15, 0.2) is 42.7 Å². The molecule has 0 radical (unpaired) electrons. The van der Waals surface area contributed by atoms with Crippen LogP contribution in [0.2, 0.25) is 0 Å². The summed E-state index contributed by atoms with van der Waals surface area (Å²) in [7, 11) is 1.66. The number of nitrogens with zero attached hydrogens (tertiary/aromatic N) is 3. The second-order valence-electron chi connectivity index (χ2n) is 7.30. The van der Waals surface area contributed by atoms with Crippen molar-refractivity contribution in [3.05, 3.63) is 76.6 Å². The number of H-pyrrole nitrogens is 1. The van der Waals surface area contributed by atoms with Gasteiger partial charge in [0.05, 0.1) is 37.8 Å². The van der Waals surface area contributed by atoms with Crippen LogP contribution in [-0.4, -0.2) is 39.4 Å². The van der Waals surface area contributed by atoms with Crippen LogP contribution >= 0.6 is 0 Å². The van der Waals surface area contributed by atoms with Crippen molar-refractivity contribution in [3.63, 3.8) is 0 Å². The minimum atomic E-state index is 0.0231. The molecular formula is C22H24N4O2. The van der Waals surface area contributed by atoms with Crippen LogP contribution in [0, 0.1) is 13.8 Å². The average Bonchev–Trinajstić information content (AvgIpc) is 3.15. The Kier molecular flexibility index (Phi) is 4.86. The molecule has 1 aliphatic heterocycles. The summed E-state index contributed by atoms with van der Waals surface area (Å²) in [5.41, 5.74) is 5.98. The average molecular weight is 376 g/mol. The van der Waals surface area contributed by atoms with Gasteiger partial charge in [0.15, 0.2) is 0 Å². The Morgan fingerprint density at radius 2 is 2.04 bits per heavy atom. The van der Waals surface area contributed by atoms with Gasteiger partial charge in [-0.3, -0.25) is 9.78 Å². The van der Waals surface area contributed by atoms with E-state index in [9.17, 15) is 4.79 Å². The topological polar surface area (TPSA) is 71.1 Å². The smallest absolute Gasteiger partial charge is 0.227 e. The number of carbonyl (C=O) groups excluding carboxylic acids is 1.